The van der Waals surface area contributed by atoms with Crippen molar-refractivity contribution in [1.82, 2.24) is 15.1 Å². The van der Waals surface area contributed by atoms with Gasteiger partial charge in [-0.3, -0.25) is 4.79 Å². The Morgan fingerprint density at radius 3 is 2.69 bits per heavy atom. The van der Waals surface area contributed by atoms with Crippen molar-refractivity contribution < 1.29 is 4.79 Å². The van der Waals surface area contributed by atoms with E-state index >= 15 is 0 Å². The van der Waals surface area contributed by atoms with Gasteiger partial charge in [0.05, 0.1) is 6.54 Å². The Morgan fingerprint density at radius 1 is 1.44 bits per heavy atom. The molecule has 1 N–H and O–H groups in total. The molecule has 4 nitrogen and oxygen atoms in total. The molecule has 2 fully saturated rings. The second-order valence-corrected chi connectivity index (χ2v) is 5.04. The van der Waals surface area contributed by atoms with E-state index in [-0.39, 0.29) is 5.91 Å². The first-order chi connectivity index (χ1) is 7.70. The fourth-order valence-electron chi connectivity index (χ4n) is 2.46. The summed E-state index contributed by atoms with van der Waals surface area (Å²) in [5.41, 5.74) is 0. The molecule has 1 aliphatic carbocycles. The summed E-state index contributed by atoms with van der Waals surface area (Å²) in [5, 5.41) is 3.38. The molecule has 0 aromatic heterocycles. The first-order valence-corrected chi connectivity index (χ1v) is 6.42. The van der Waals surface area contributed by atoms with Gasteiger partial charge in [-0.15, -0.1) is 0 Å². The number of amides is 1. The van der Waals surface area contributed by atoms with Gasteiger partial charge in [0.1, 0.15) is 0 Å². The molecule has 1 heterocycles. The second kappa shape index (κ2) is 5.15. The van der Waals surface area contributed by atoms with E-state index in [0.717, 1.165) is 19.6 Å². The summed E-state index contributed by atoms with van der Waals surface area (Å²) in [6, 6.07) is 1.05. The predicted octanol–water partition coefficient (Wildman–Crippen LogP) is 0.291. The lowest BCUT2D eigenvalue weighted by Crippen LogP contribution is -2.43. The van der Waals surface area contributed by atoms with Gasteiger partial charge in [-0.2, -0.15) is 0 Å². The molecule has 4 heteroatoms. The normalized spacial score (nSPS) is 26.0. The average molecular weight is 225 g/mol. The lowest BCUT2D eigenvalue weighted by molar-refractivity contribution is -0.130. The Balaban J connectivity index is 1.70. The van der Waals surface area contributed by atoms with Gasteiger partial charge in [0, 0.05) is 25.2 Å². The summed E-state index contributed by atoms with van der Waals surface area (Å²) in [4.78, 5) is 16.3. The van der Waals surface area contributed by atoms with Crippen LogP contribution in [0.5, 0.6) is 0 Å². The van der Waals surface area contributed by atoms with Crippen molar-refractivity contribution in [2.24, 2.45) is 0 Å². The highest BCUT2D eigenvalue weighted by Gasteiger charge is 2.31. The fraction of sp³-hybridized carbons (Fsp3) is 0.917. The molecule has 1 saturated heterocycles. The number of carbonyl (C=O) groups is 1. The minimum Gasteiger partial charge on any atom is -0.339 e. The zero-order valence-electron chi connectivity index (χ0n) is 10.4. The van der Waals surface area contributed by atoms with Gasteiger partial charge in [-0.25, -0.2) is 0 Å². The number of carbonyl (C=O) groups excluding carboxylic acids is 1. The van der Waals surface area contributed by atoms with Crippen LogP contribution in [0.15, 0.2) is 0 Å². The number of nitrogens with one attached hydrogen (secondary N) is 1. The Labute approximate surface area is 98.0 Å². The minimum atomic E-state index is 0.277. The van der Waals surface area contributed by atoms with Crippen molar-refractivity contribution in [3.8, 4) is 0 Å². The van der Waals surface area contributed by atoms with Crippen molar-refractivity contribution in [2.45, 2.75) is 38.3 Å². The topological polar surface area (TPSA) is 35.6 Å². The first-order valence-electron chi connectivity index (χ1n) is 6.42. The van der Waals surface area contributed by atoms with E-state index in [9.17, 15) is 4.79 Å². The molecule has 0 aromatic carbocycles. The van der Waals surface area contributed by atoms with Gasteiger partial charge in [0.25, 0.3) is 0 Å². The van der Waals surface area contributed by atoms with E-state index in [1.807, 2.05) is 4.90 Å². The standard InChI is InChI=1S/C12H23N3O/c1-3-15(11-4-5-11)12(16)8-13-10-6-7-14(2)9-10/h10-11,13H,3-9H2,1-2H3. The van der Waals surface area contributed by atoms with Crippen LogP contribution in [0.3, 0.4) is 0 Å². The number of likely N-dealkylation sites (N-methyl/N-ethyl adjacent to an activating group) is 2. The monoisotopic (exact) mass is 225 g/mol. The molecular weight excluding hydrogens is 202 g/mol. The summed E-state index contributed by atoms with van der Waals surface area (Å²) >= 11 is 0. The van der Waals surface area contributed by atoms with Crippen LogP contribution in [0.2, 0.25) is 0 Å². The van der Waals surface area contributed by atoms with E-state index in [2.05, 4.69) is 24.2 Å². The van der Waals surface area contributed by atoms with Crippen molar-refractivity contribution in [1.29, 1.82) is 0 Å². The average Bonchev–Trinajstić information content (AvgIpc) is 3.00. The zero-order valence-corrected chi connectivity index (χ0v) is 10.4. The van der Waals surface area contributed by atoms with Gasteiger partial charge in [-0.1, -0.05) is 0 Å². The lowest BCUT2D eigenvalue weighted by Gasteiger charge is -2.21. The van der Waals surface area contributed by atoms with Crippen molar-refractivity contribution in [3.05, 3.63) is 0 Å². The maximum atomic E-state index is 11.9. The molecule has 1 unspecified atom stereocenters. The number of hydrogen-bond acceptors (Lipinski definition) is 3. The molecule has 1 atom stereocenters. The summed E-state index contributed by atoms with van der Waals surface area (Å²) in [5.74, 6) is 0.277. The van der Waals surface area contributed by atoms with Gasteiger partial charge in [-0.05, 0) is 39.8 Å². The first kappa shape index (κ1) is 11.9. The Kier molecular flexibility index (Phi) is 3.82. The molecule has 2 aliphatic rings. The molecule has 1 amide bonds. The molecule has 1 aliphatic heterocycles. The van der Waals surface area contributed by atoms with E-state index in [0.29, 0.717) is 18.6 Å². The van der Waals surface area contributed by atoms with Gasteiger partial charge in [0.2, 0.25) is 5.91 Å². The largest absolute Gasteiger partial charge is 0.339 e. The zero-order chi connectivity index (χ0) is 11.5. The van der Waals surface area contributed by atoms with Crippen molar-refractivity contribution >= 4 is 5.91 Å². The van der Waals surface area contributed by atoms with E-state index in [1.165, 1.54) is 19.3 Å². The quantitative estimate of drug-likeness (QED) is 0.730. The molecule has 0 radical (unpaired) electrons. The highest BCUT2D eigenvalue weighted by molar-refractivity contribution is 5.78. The van der Waals surface area contributed by atoms with Crippen LogP contribution >= 0.6 is 0 Å². The van der Waals surface area contributed by atoms with E-state index < -0.39 is 0 Å². The Morgan fingerprint density at radius 2 is 2.19 bits per heavy atom. The summed E-state index contributed by atoms with van der Waals surface area (Å²) in [6.45, 7) is 5.66. The van der Waals surface area contributed by atoms with Crippen LogP contribution in [0.1, 0.15) is 26.2 Å². The molecule has 0 aromatic rings. The van der Waals surface area contributed by atoms with Crippen molar-refractivity contribution in [3.63, 3.8) is 0 Å². The molecular formula is C12H23N3O. The fourth-order valence-corrected chi connectivity index (χ4v) is 2.46. The van der Waals surface area contributed by atoms with Crippen LogP contribution in [0.4, 0.5) is 0 Å². The maximum Gasteiger partial charge on any atom is 0.236 e. The Hall–Kier alpha value is -0.610. The van der Waals surface area contributed by atoms with E-state index in [1.54, 1.807) is 0 Å². The number of nitrogens with zero attached hydrogens (tertiary/aromatic N) is 2. The maximum absolute atomic E-state index is 11.9. The highest BCUT2D eigenvalue weighted by Crippen LogP contribution is 2.26. The second-order valence-electron chi connectivity index (χ2n) is 5.04. The predicted molar refractivity (Wildman–Crippen MR) is 64.3 cm³/mol. The third-order valence-corrected chi connectivity index (χ3v) is 3.58. The van der Waals surface area contributed by atoms with Crippen LogP contribution in [0, 0.1) is 0 Å². The third kappa shape index (κ3) is 2.95. The molecule has 92 valence electrons. The van der Waals surface area contributed by atoms with Crippen molar-refractivity contribution in [2.75, 3.05) is 33.2 Å². The molecule has 1 saturated carbocycles. The Bertz CT molecular complexity index is 253. The molecule has 2 rings (SSSR count). The SMILES string of the molecule is CCN(C(=O)CNC1CCN(C)C1)C1CC1. The van der Waals surface area contributed by atoms with Gasteiger partial charge in [0.15, 0.2) is 0 Å². The van der Waals surface area contributed by atoms with Gasteiger partial charge < -0.3 is 15.1 Å². The summed E-state index contributed by atoms with van der Waals surface area (Å²) < 4.78 is 0. The van der Waals surface area contributed by atoms with Crippen LogP contribution in [-0.2, 0) is 4.79 Å². The van der Waals surface area contributed by atoms with Gasteiger partial charge >= 0.3 is 0 Å². The molecule has 0 bridgehead atoms. The highest BCUT2D eigenvalue weighted by atomic mass is 16.2. The smallest absolute Gasteiger partial charge is 0.236 e. The number of rotatable bonds is 5. The van der Waals surface area contributed by atoms with Crippen LogP contribution in [-0.4, -0.2) is 61.0 Å². The van der Waals surface area contributed by atoms with Crippen LogP contribution in [0.25, 0.3) is 0 Å². The lowest BCUT2D eigenvalue weighted by atomic mass is 10.2. The summed E-state index contributed by atoms with van der Waals surface area (Å²) in [6.07, 6.45) is 3.57. The number of hydrogen-bond donors (Lipinski definition) is 1. The third-order valence-electron chi connectivity index (χ3n) is 3.58. The number of likely N-dealkylation sites (tertiary alicyclic amines) is 1. The molecule has 16 heavy (non-hydrogen) atoms. The summed E-state index contributed by atoms with van der Waals surface area (Å²) in [7, 11) is 2.13. The molecule has 0 spiro atoms. The minimum absolute atomic E-state index is 0.277. The van der Waals surface area contributed by atoms with E-state index in [4.69, 9.17) is 0 Å². The van der Waals surface area contributed by atoms with Crippen LogP contribution < -0.4 is 5.32 Å².